The topological polar surface area (TPSA) is 9.23 Å². The molecule has 1 unspecified atom stereocenters. The monoisotopic (exact) mass is 180 g/mol. The molecule has 1 atom stereocenters. The van der Waals surface area contributed by atoms with E-state index in [1.165, 1.54) is 11.1 Å². The average Bonchev–Trinajstić information content (AvgIpc) is 2.58. The lowest BCUT2D eigenvalue weighted by Crippen LogP contribution is -1.92. The Hall–Kier alpha value is -0.470. The molecule has 1 aromatic rings. The number of ether oxygens (including phenoxy) is 1. The van der Waals surface area contributed by atoms with Crippen LogP contribution in [0.2, 0.25) is 0 Å². The summed E-state index contributed by atoms with van der Waals surface area (Å²) >= 11 is 1.88. The number of thioether (sulfide) groups is 1. The van der Waals surface area contributed by atoms with Crippen LogP contribution in [0, 0.1) is 6.92 Å². The highest BCUT2D eigenvalue weighted by molar-refractivity contribution is 7.99. The summed E-state index contributed by atoms with van der Waals surface area (Å²) in [5, 5.41) is 0. The van der Waals surface area contributed by atoms with Crippen LogP contribution >= 0.6 is 11.8 Å². The molecule has 1 aliphatic heterocycles. The van der Waals surface area contributed by atoms with Crippen molar-refractivity contribution in [2.45, 2.75) is 12.4 Å². The first-order valence-electron chi connectivity index (χ1n) is 4.16. The molecule has 12 heavy (non-hydrogen) atoms. The number of aryl methyl sites for hydroxylation is 1. The summed E-state index contributed by atoms with van der Waals surface area (Å²) < 4.78 is 5.54. The Morgan fingerprint density at radius 2 is 2.08 bits per heavy atom. The summed E-state index contributed by atoms with van der Waals surface area (Å²) in [4.78, 5) is 0. The predicted octanol–water partition coefficient (Wildman–Crippen LogP) is 2.76. The van der Waals surface area contributed by atoms with Gasteiger partial charge < -0.3 is 4.74 Å². The highest BCUT2D eigenvalue weighted by Gasteiger charge is 2.17. The number of hydrogen-bond donors (Lipinski definition) is 0. The van der Waals surface area contributed by atoms with Gasteiger partial charge in [-0.3, -0.25) is 0 Å². The van der Waals surface area contributed by atoms with Crippen LogP contribution in [0.1, 0.15) is 16.6 Å². The Balaban J connectivity index is 2.17. The molecule has 0 radical (unpaired) electrons. The smallest absolute Gasteiger partial charge is 0.128 e. The van der Waals surface area contributed by atoms with E-state index in [-0.39, 0.29) is 5.44 Å². The highest BCUT2D eigenvalue weighted by atomic mass is 32.2. The molecule has 1 aromatic carbocycles. The molecule has 0 aliphatic carbocycles. The van der Waals surface area contributed by atoms with E-state index in [2.05, 4.69) is 31.2 Å². The molecule has 0 aromatic heterocycles. The van der Waals surface area contributed by atoms with Gasteiger partial charge in [0.15, 0.2) is 0 Å². The van der Waals surface area contributed by atoms with E-state index in [4.69, 9.17) is 4.74 Å². The van der Waals surface area contributed by atoms with Crippen molar-refractivity contribution < 1.29 is 4.74 Å². The molecule has 1 fully saturated rings. The maximum absolute atomic E-state index is 5.54. The standard InChI is InChI=1S/C10H12OS/c1-8-2-4-9(5-3-8)10-11-6-7-12-10/h2-5,10H,6-7H2,1H3. The fourth-order valence-corrected chi connectivity index (χ4v) is 2.22. The van der Waals surface area contributed by atoms with Crippen molar-refractivity contribution in [3.05, 3.63) is 35.4 Å². The molecule has 0 bridgehead atoms. The Bertz CT molecular complexity index is 249. The van der Waals surface area contributed by atoms with Crippen LogP contribution in [0.5, 0.6) is 0 Å². The van der Waals surface area contributed by atoms with Gasteiger partial charge in [-0.2, -0.15) is 0 Å². The van der Waals surface area contributed by atoms with Gasteiger partial charge in [0.2, 0.25) is 0 Å². The van der Waals surface area contributed by atoms with Gasteiger partial charge in [0, 0.05) is 5.75 Å². The van der Waals surface area contributed by atoms with Crippen molar-refractivity contribution in [1.29, 1.82) is 0 Å². The van der Waals surface area contributed by atoms with Crippen LogP contribution in [-0.2, 0) is 4.74 Å². The van der Waals surface area contributed by atoms with Gasteiger partial charge in [-0.05, 0) is 12.5 Å². The van der Waals surface area contributed by atoms with Crippen LogP contribution in [0.15, 0.2) is 24.3 Å². The fraction of sp³-hybridized carbons (Fsp3) is 0.400. The maximum Gasteiger partial charge on any atom is 0.128 e. The van der Waals surface area contributed by atoms with Gasteiger partial charge >= 0.3 is 0 Å². The summed E-state index contributed by atoms with van der Waals surface area (Å²) in [6.07, 6.45) is 0. The molecule has 2 heteroatoms. The van der Waals surface area contributed by atoms with Gasteiger partial charge in [0.25, 0.3) is 0 Å². The normalized spacial score (nSPS) is 22.9. The van der Waals surface area contributed by atoms with Gasteiger partial charge in [-0.15, -0.1) is 11.8 Å². The first-order valence-corrected chi connectivity index (χ1v) is 5.21. The van der Waals surface area contributed by atoms with Crippen LogP contribution in [0.25, 0.3) is 0 Å². The molecule has 1 aliphatic rings. The Labute approximate surface area is 77.1 Å². The number of hydrogen-bond acceptors (Lipinski definition) is 2. The molecular weight excluding hydrogens is 168 g/mol. The third kappa shape index (κ3) is 1.65. The minimum absolute atomic E-state index is 0.283. The molecule has 2 rings (SSSR count). The van der Waals surface area contributed by atoms with Gasteiger partial charge in [-0.1, -0.05) is 29.8 Å². The third-order valence-electron chi connectivity index (χ3n) is 1.97. The largest absolute Gasteiger partial charge is 0.362 e. The zero-order valence-corrected chi connectivity index (χ0v) is 7.93. The summed E-state index contributed by atoms with van der Waals surface area (Å²) in [6, 6.07) is 8.58. The summed E-state index contributed by atoms with van der Waals surface area (Å²) in [6.45, 7) is 3.00. The fourth-order valence-electron chi connectivity index (χ4n) is 1.27. The zero-order chi connectivity index (χ0) is 8.39. The average molecular weight is 180 g/mol. The second-order valence-corrected chi connectivity index (χ2v) is 4.15. The van der Waals surface area contributed by atoms with Gasteiger partial charge in [-0.25, -0.2) is 0 Å². The van der Waals surface area contributed by atoms with Crippen molar-refractivity contribution in [1.82, 2.24) is 0 Å². The molecule has 1 heterocycles. The van der Waals surface area contributed by atoms with Crippen molar-refractivity contribution >= 4 is 11.8 Å². The Morgan fingerprint density at radius 3 is 2.67 bits per heavy atom. The van der Waals surface area contributed by atoms with E-state index >= 15 is 0 Å². The quantitative estimate of drug-likeness (QED) is 0.657. The highest BCUT2D eigenvalue weighted by Crippen LogP contribution is 2.34. The van der Waals surface area contributed by atoms with Gasteiger partial charge in [0.05, 0.1) is 6.61 Å². The van der Waals surface area contributed by atoms with E-state index in [9.17, 15) is 0 Å². The second kappa shape index (κ2) is 3.50. The van der Waals surface area contributed by atoms with Crippen LogP contribution in [0.3, 0.4) is 0 Å². The SMILES string of the molecule is Cc1ccc(C2OCCS2)cc1. The third-order valence-corrected chi connectivity index (χ3v) is 3.08. The van der Waals surface area contributed by atoms with Crippen LogP contribution in [0.4, 0.5) is 0 Å². The second-order valence-electron chi connectivity index (χ2n) is 2.98. The van der Waals surface area contributed by atoms with Crippen molar-refractivity contribution in [3.63, 3.8) is 0 Å². The van der Waals surface area contributed by atoms with E-state index in [0.29, 0.717) is 0 Å². The summed E-state index contributed by atoms with van der Waals surface area (Å²) in [7, 11) is 0. The lowest BCUT2D eigenvalue weighted by atomic mass is 10.2. The van der Waals surface area contributed by atoms with Crippen molar-refractivity contribution in [2.24, 2.45) is 0 Å². The molecule has 1 nitrogen and oxygen atoms in total. The number of rotatable bonds is 1. The van der Waals surface area contributed by atoms with E-state index < -0.39 is 0 Å². The first-order chi connectivity index (χ1) is 5.86. The van der Waals surface area contributed by atoms with Crippen molar-refractivity contribution in [3.8, 4) is 0 Å². The van der Waals surface area contributed by atoms with Crippen LogP contribution in [-0.4, -0.2) is 12.4 Å². The lowest BCUT2D eigenvalue weighted by molar-refractivity contribution is 0.145. The lowest BCUT2D eigenvalue weighted by Gasteiger charge is -2.08. The Morgan fingerprint density at radius 1 is 1.33 bits per heavy atom. The minimum Gasteiger partial charge on any atom is -0.362 e. The number of benzene rings is 1. The van der Waals surface area contributed by atoms with E-state index in [1.807, 2.05) is 11.8 Å². The summed E-state index contributed by atoms with van der Waals surface area (Å²) in [5.74, 6) is 1.12. The Kier molecular flexibility index (Phi) is 2.38. The first kappa shape index (κ1) is 8.14. The van der Waals surface area contributed by atoms with Gasteiger partial charge in [0.1, 0.15) is 5.44 Å². The molecule has 0 spiro atoms. The zero-order valence-electron chi connectivity index (χ0n) is 7.12. The summed E-state index contributed by atoms with van der Waals surface area (Å²) in [5.41, 5.74) is 2.88. The maximum atomic E-state index is 5.54. The van der Waals surface area contributed by atoms with E-state index in [0.717, 1.165) is 12.4 Å². The van der Waals surface area contributed by atoms with Crippen LogP contribution < -0.4 is 0 Å². The molecular formula is C10H12OS. The predicted molar refractivity (Wildman–Crippen MR) is 52.3 cm³/mol. The van der Waals surface area contributed by atoms with E-state index in [1.54, 1.807) is 0 Å². The molecule has 0 N–H and O–H groups in total. The van der Waals surface area contributed by atoms with Crippen molar-refractivity contribution in [2.75, 3.05) is 12.4 Å². The molecule has 1 saturated heterocycles. The molecule has 0 saturated carbocycles. The minimum atomic E-state index is 0.283. The molecule has 0 amide bonds. The molecule has 64 valence electrons.